The van der Waals surface area contributed by atoms with Crippen molar-refractivity contribution in [2.24, 2.45) is 0 Å². The lowest BCUT2D eigenvalue weighted by Gasteiger charge is -2.18. The molecule has 0 fully saturated rings. The molecule has 1 heterocycles. The van der Waals surface area contributed by atoms with E-state index in [1.54, 1.807) is 55.5 Å². The van der Waals surface area contributed by atoms with Crippen molar-refractivity contribution >= 4 is 21.6 Å². The third-order valence-corrected chi connectivity index (χ3v) is 4.69. The molecule has 0 aliphatic carbocycles. The minimum absolute atomic E-state index is 0.0638. The summed E-state index contributed by atoms with van der Waals surface area (Å²) in [6.07, 6.45) is 1.06. The first-order valence-corrected chi connectivity index (χ1v) is 10.7. The Bertz CT molecular complexity index is 1190. The van der Waals surface area contributed by atoms with E-state index in [0.29, 0.717) is 16.9 Å². The van der Waals surface area contributed by atoms with E-state index in [2.05, 4.69) is 15.1 Å². The molecule has 1 aromatic heterocycles. The van der Waals surface area contributed by atoms with Gasteiger partial charge in [0.2, 0.25) is 10.0 Å². The van der Waals surface area contributed by atoms with Crippen LogP contribution in [-0.2, 0) is 10.0 Å². The van der Waals surface area contributed by atoms with Crippen molar-refractivity contribution in [3.63, 3.8) is 0 Å². The number of benzene rings is 2. The van der Waals surface area contributed by atoms with E-state index in [0.717, 1.165) is 10.9 Å². The SMILES string of the molecule is CC(NC(=O)c1ccc(=O)n(-c2ccccc2)n1)c1ccccc1NS(C)(=O)=O. The van der Waals surface area contributed by atoms with Crippen molar-refractivity contribution in [1.82, 2.24) is 15.1 Å². The van der Waals surface area contributed by atoms with Gasteiger partial charge < -0.3 is 5.32 Å². The van der Waals surface area contributed by atoms with Gasteiger partial charge in [-0.1, -0.05) is 36.4 Å². The van der Waals surface area contributed by atoms with Gasteiger partial charge >= 0.3 is 0 Å². The second kappa shape index (κ2) is 8.27. The van der Waals surface area contributed by atoms with Crippen LogP contribution < -0.4 is 15.6 Å². The zero-order valence-corrected chi connectivity index (χ0v) is 16.7. The average Bonchev–Trinajstić information content (AvgIpc) is 2.68. The maximum atomic E-state index is 12.7. The second-order valence-corrected chi connectivity index (χ2v) is 8.21. The molecule has 29 heavy (non-hydrogen) atoms. The summed E-state index contributed by atoms with van der Waals surface area (Å²) in [6.45, 7) is 1.73. The molecule has 1 unspecified atom stereocenters. The van der Waals surface area contributed by atoms with E-state index in [1.807, 2.05) is 6.07 Å². The topological polar surface area (TPSA) is 110 Å². The molecule has 1 amide bonds. The minimum Gasteiger partial charge on any atom is -0.344 e. The quantitative estimate of drug-likeness (QED) is 0.644. The largest absolute Gasteiger partial charge is 0.344 e. The van der Waals surface area contributed by atoms with Gasteiger partial charge in [-0.2, -0.15) is 9.78 Å². The molecule has 0 saturated carbocycles. The van der Waals surface area contributed by atoms with Crippen molar-refractivity contribution < 1.29 is 13.2 Å². The summed E-state index contributed by atoms with van der Waals surface area (Å²) in [5, 5.41) is 6.94. The van der Waals surface area contributed by atoms with E-state index in [4.69, 9.17) is 0 Å². The fourth-order valence-electron chi connectivity index (χ4n) is 2.80. The maximum Gasteiger partial charge on any atom is 0.272 e. The van der Waals surface area contributed by atoms with Gasteiger partial charge in [-0.3, -0.25) is 14.3 Å². The molecule has 0 spiro atoms. The van der Waals surface area contributed by atoms with E-state index in [-0.39, 0.29) is 11.3 Å². The Hall–Kier alpha value is -3.46. The van der Waals surface area contributed by atoms with E-state index >= 15 is 0 Å². The Labute approximate surface area is 168 Å². The highest BCUT2D eigenvalue weighted by Gasteiger charge is 2.17. The average molecular weight is 412 g/mol. The fraction of sp³-hybridized carbons (Fsp3) is 0.150. The van der Waals surface area contributed by atoms with Crippen molar-refractivity contribution in [3.05, 3.63) is 88.3 Å². The van der Waals surface area contributed by atoms with Gasteiger partial charge in [0.1, 0.15) is 5.69 Å². The van der Waals surface area contributed by atoms with E-state index in [9.17, 15) is 18.0 Å². The summed E-state index contributed by atoms with van der Waals surface area (Å²) in [4.78, 5) is 24.8. The molecule has 9 heteroatoms. The Kier molecular flexibility index (Phi) is 5.79. The zero-order valence-electron chi connectivity index (χ0n) is 15.9. The highest BCUT2D eigenvalue weighted by atomic mass is 32.2. The third-order valence-electron chi connectivity index (χ3n) is 4.10. The Morgan fingerprint density at radius 1 is 1.00 bits per heavy atom. The summed E-state index contributed by atoms with van der Waals surface area (Å²) in [6, 6.07) is 17.7. The lowest BCUT2D eigenvalue weighted by molar-refractivity contribution is 0.0933. The first kappa shape index (κ1) is 20.3. The fourth-order valence-corrected chi connectivity index (χ4v) is 3.39. The molecule has 0 radical (unpaired) electrons. The standard InChI is InChI=1S/C20H20N4O4S/c1-14(16-10-6-7-11-17(16)23-29(2,27)28)21-20(26)18-12-13-19(25)24(22-18)15-8-4-3-5-9-15/h3-14,23H,1-2H3,(H,21,26). The number of amides is 1. The van der Waals surface area contributed by atoms with Crippen LogP contribution in [0.4, 0.5) is 5.69 Å². The van der Waals surface area contributed by atoms with Gasteiger partial charge in [-0.15, -0.1) is 0 Å². The number of carbonyl (C=O) groups is 1. The van der Waals surface area contributed by atoms with E-state index < -0.39 is 22.0 Å². The molecule has 2 aromatic carbocycles. The van der Waals surface area contributed by atoms with Gasteiger partial charge in [0.25, 0.3) is 11.5 Å². The molecule has 3 aromatic rings. The molecule has 0 saturated heterocycles. The van der Waals surface area contributed by atoms with Crippen LogP contribution in [0.5, 0.6) is 0 Å². The van der Waals surface area contributed by atoms with Crippen LogP contribution in [0.3, 0.4) is 0 Å². The number of sulfonamides is 1. The second-order valence-electron chi connectivity index (χ2n) is 6.46. The van der Waals surface area contributed by atoms with Gasteiger partial charge in [0.15, 0.2) is 0 Å². The molecular formula is C20H20N4O4S. The van der Waals surface area contributed by atoms with Crippen LogP contribution in [-0.4, -0.2) is 30.4 Å². The summed E-state index contributed by atoms with van der Waals surface area (Å²) >= 11 is 0. The van der Waals surface area contributed by atoms with Crippen LogP contribution in [0, 0.1) is 0 Å². The van der Waals surface area contributed by atoms with Crippen molar-refractivity contribution in [2.45, 2.75) is 13.0 Å². The predicted molar refractivity (Wildman–Crippen MR) is 111 cm³/mol. The first-order valence-electron chi connectivity index (χ1n) is 8.78. The summed E-state index contributed by atoms with van der Waals surface area (Å²) in [5.74, 6) is -0.490. The van der Waals surface area contributed by atoms with Crippen LogP contribution >= 0.6 is 0 Å². The Morgan fingerprint density at radius 3 is 2.34 bits per heavy atom. The number of anilines is 1. The number of aromatic nitrogens is 2. The zero-order chi connectivity index (χ0) is 21.0. The van der Waals surface area contributed by atoms with Crippen molar-refractivity contribution in [1.29, 1.82) is 0 Å². The summed E-state index contributed by atoms with van der Waals surface area (Å²) in [7, 11) is -3.47. The van der Waals surface area contributed by atoms with Crippen molar-refractivity contribution in [2.75, 3.05) is 11.0 Å². The molecule has 8 nitrogen and oxygen atoms in total. The lowest BCUT2D eigenvalue weighted by atomic mass is 10.1. The predicted octanol–water partition coefficient (Wildman–Crippen LogP) is 2.09. The Morgan fingerprint density at radius 2 is 1.66 bits per heavy atom. The number of hydrogen-bond acceptors (Lipinski definition) is 5. The van der Waals surface area contributed by atoms with Crippen LogP contribution in [0.1, 0.15) is 29.0 Å². The third kappa shape index (κ3) is 5.08. The van der Waals surface area contributed by atoms with Crippen LogP contribution in [0.2, 0.25) is 0 Å². The normalized spacial score (nSPS) is 12.2. The van der Waals surface area contributed by atoms with Crippen molar-refractivity contribution in [3.8, 4) is 5.69 Å². The molecule has 0 bridgehead atoms. The molecule has 0 aliphatic heterocycles. The molecule has 0 aliphatic rings. The summed E-state index contributed by atoms with van der Waals surface area (Å²) in [5.41, 5.74) is 1.23. The molecule has 1 atom stereocenters. The highest BCUT2D eigenvalue weighted by Crippen LogP contribution is 2.23. The lowest BCUT2D eigenvalue weighted by Crippen LogP contribution is -2.31. The van der Waals surface area contributed by atoms with Gasteiger partial charge in [-0.05, 0) is 36.8 Å². The van der Waals surface area contributed by atoms with E-state index in [1.165, 1.54) is 12.1 Å². The number of para-hydroxylation sites is 2. The van der Waals surface area contributed by atoms with Gasteiger partial charge in [0, 0.05) is 6.07 Å². The number of hydrogen-bond donors (Lipinski definition) is 2. The van der Waals surface area contributed by atoms with Gasteiger partial charge in [-0.25, -0.2) is 8.42 Å². The van der Waals surface area contributed by atoms with Gasteiger partial charge in [0.05, 0.1) is 23.7 Å². The number of rotatable bonds is 6. The molecular weight excluding hydrogens is 392 g/mol. The molecule has 2 N–H and O–H groups in total. The molecule has 3 rings (SSSR count). The highest BCUT2D eigenvalue weighted by molar-refractivity contribution is 7.92. The number of carbonyl (C=O) groups excluding carboxylic acids is 1. The van der Waals surface area contributed by atoms with Crippen LogP contribution in [0.15, 0.2) is 71.5 Å². The number of nitrogens with one attached hydrogen (secondary N) is 2. The first-order chi connectivity index (χ1) is 13.7. The monoisotopic (exact) mass is 412 g/mol. The number of nitrogens with zero attached hydrogens (tertiary/aromatic N) is 2. The Balaban J connectivity index is 1.86. The summed E-state index contributed by atoms with van der Waals surface area (Å²) < 4.78 is 26.8. The molecule has 150 valence electrons. The minimum atomic E-state index is -3.47. The van der Waals surface area contributed by atoms with Crippen LogP contribution in [0.25, 0.3) is 5.69 Å². The smallest absolute Gasteiger partial charge is 0.272 e. The maximum absolute atomic E-state index is 12.7.